The van der Waals surface area contributed by atoms with Gasteiger partial charge in [0.15, 0.2) is 0 Å². The molecule has 1 N–H and O–H groups in total. The van der Waals surface area contributed by atoms with E-state index in [9.17, 15) is 19.2 Å². The number of benzene rings is 1. The van der Waals surface area contributed by atoms with Crippen molar-refractivity contribution < 1.29 is 9.59 Å². The van der Waals surface area contributed by atoms with Crippen LogP contribution in [0.2, 0.25) is 0 Å². The first-order valence-corrected chi connectivity index (χ1v) is 10.8. The van der Waals surface area contributed by atoms with Crippen molar-refractivity contribution in [3.05, 3.63) is 57.4 Å². The second-order valence-corrected chi connectivity index (χ2v) is 8.27. The van der Waals surface area contributed by atoms with E-state index in [0.29, 0.717) is 5.69 Å². The molecule has 3 heterocycles. The monoisotopic (exact) mass is 439 g/mol. The minimum absolute atomic E-state index is 0.105. The number of hydrogen-bond acceptors (Lipinski definition) is 6. The van der Waals surface area contributed by atoms with Crippen molar-refractivity contribution in [1.29, 1.82) is 0 Å². The molecule has 1 aliphatic heterocycles. The van der Waals surface area contributed by atoms with E-state index >= 15 is 0 Å². The smallest absolute Gasteiger partial charge is 0.324 e. The maximum absolute atomic E-state index is 12.8. The molecule has 1 fully saturated rings. The van der Waals surface area contributed by atoms with Gasteiger partial charge in [0.25, 0.3) is 5.56 Å². The number of aryl methyl sites for hydroxylation is 1. The molecule has 1 saturated heterocycles. The first-order valence-electron chi connectivity index (χ1n) is 9.61. The number of aromatic nitrogens is 3. The molecule has 1 aliphatic rings. The van der Waals surface area contributed by atoms with Crippen LogP contribution in [0.25, 0.3) is 11.0 Å². The molecule has 1 unspecified atom stereocenters. The zero-order valence-corrected chi connectivity index (χ0v) is 18.1. The number of pyridine rings is 1. The van der Waals surface area contributed by atoms with E-state index in [-0.39, 0.29) is 35.8 Å². The molecule has 3 aromatic rings. The van der Waals surface area contributed by atoms with Crippen LogP contribution >= 0.6 is 11.8 Å². The van der Waals surface area contributed by atoms with Gasteiger partial charge in [-0.05, 0) is 36.6 Å². The third kappa shape index (κ3) is 3.74. The standard InChI is InChI=1S/C21H21N5O4S/c1-24-18-16(20(29)25(2)21(24)30)9-13(10-22-18)23-19(28)12-8-17(27)26(11-12)14-4-6-15(31-3)7-5-14/h4-7,9-10,12H,8,11H2,1-3H3,(H,23,28). The second kappa shape index (κ2) is 8.03. The topological polar surface area (TPSA) is 106 Å². The Bertz CT molecular complexity index is 1310. The number of rotatable bonds is 4. The third-order valence-corrected chi connectivity index (χ3v) is 6.18. The van der Waals surface area contributed by atoms with E-state index in [2.05, 4.69) is 10.3 Å². The van der Waals surface area contributed by atoms with Crippen LogP contribution in [0.15, 0.2) is 51.0 Å². The van der Waals surface area contributed by atoms with E-state index in [1.54, 1.807) is 16.7 Å². The van der Waals surface area contributed by atoms with Gasteiger partial charge in [-0.3, -0.25) is 23.5 Å². The van der Waals surface area contributed by atoms with E-state index in [1.807, 2.05) is 30.5 Å². The van der Waals surface area contributed by atoms with E-state index in [4.69, 9.17) is 0 Å². The largest absolute Gasteiger partial charge is 0.332 e. The van der Waals surface area contributed by atoms with E-state index in [1.165, 1.54) is 30.9 Å². The van der Waals surface area contributed by atoms with Crippen LogP contribution in [-0.4, -0.2) is 38.7 Å². The molecular formula is C21H21N5O4S. The van der Waals surface area contributed by atoms with E-state index < -0.39 is 17.2 Å². The number of fused-ring (bicyclic) bond motifs is 1. The molecule has 0 bridgehead atoms. The van der Waals surface area contributed by atoms with Gasteiger partial charge in [0.05, 0.1) is 23.2 Å². The van der Waals surface area contributed by atoms with Gasteiger partial charge in [-0.2, -0.15) is 0 Å². The summed E-state index contributed by atoms with van der Waals surface area (Å²) in [6, 6.07) is 9.12. The SMILES string of the molecule is CSc1ccc(N2CC(C(=O)Nc3cnc4c(c3)c(=O)n(C)c(=O)n4C)CC2=O)cc1. The minimum atomic E-state index is -0.522. The second-order valence-electron chi connectivity index (χ2n) is 7.39. The Kier molecular flexibility index (Phi) is 5.40. The number of carbonyl (C=O) groups excluding carboxylic acids is 2. The molecule has 0 radical (unpaired) electrons. The summed E-state index contributed by atoms with van der Waals surface area (Å²) in [4.78, 5) is 56.6. The average molecular weight is 439 g/mol. The van der Waals surface area contributed by atoms with Crippen LogP contribution in [0.1, 0.15) is 6.42 Å². The molecule has 1 atom stereocenters. The fourth-order valence-corrected chi connectivity index (χ4v) is 4.08. The van der Waals surface area contributed by atoms with Crippen molar-refractivity contribution in [3.8, 4) is 0 Å². The molecule has 31 heavy (non-hydrogen) atoms. The zero-order chi connectivity index (χ0) is 22.3. The number of nitrogens with zero attached hydrogens (tertiary/aromatic N) is 4. The lowest BCUT2D eigenvalue weighted by Gasteiger charge is -2.17. The summed E-state index contributed by atoms with van der Waals surface area (Å²) in [5.41, 5.74) is 0.370. The molecule has 0 spiro atoms. The number of nitrogens with one attached hydrogen (secondary N) is 1. The minimum Gasteiger partial charge on any atom is -0.324 e. The highest BCUT2D eigenvalue weighted by molar-refractivity contribution is 7.98. The van der Waals surface area contributed by atoms with Gasteiger partial charge in [-0.15, -0.1) is 11.8 Å². The van der Waals surface area contributed by atoms with Gasteiger partial charge >= 0.3 is 5.69 Å². The predicted molar refractivity (Wildman–Crippen MR) is 120 cm³/mol. The van der Waals surface area contributed by atoms with Gasteiger partial charge in [0.1, 0.15) is 5.65 Å². The molecule has 10 heteroatoms. The predicted octanol–water partition coefficient (Wildman–Crippen LogP) is 1.35. The van der Waals surface area contributed by atoms with Gasteiger partial charge in [0.2, 0.25) is 11.8 Å². The lowest BCUT2D eigenvalue weighted by Crippen LogP contribution is -2.37. The quantitative estimate of drug-likeness (QED) is 0.615. The van der Waals surface area contributed by atoms with Crippen molar-refractivity contribution in [1.82, 2.24) is 14.1 Å². The van der Waals surface area contributed by atoms with Crippen LogP contribution in [0.5, 0.6) is 0 Å². The molecule has 1 aromatic carbocycles. The summed E-state index contributed by atoms with van der Waals surface area (Å²) in [7, 11) is 2.92. The number of anilines is 2. The molecular weight excluding hydrogens is 418 g/mol. The highest BCUT2D eigenvalue weighted by Gasteiger charge is 2.35. The molecule has 9 nitrogen and oxygen atoms in total. The summed E-state index contributed by atoms with van der Waals surface area (Å²) in [6.07, 6.45) is 3.48. The Morgan fingerprint density at radius 2 is 1.84 bits per heavy atom. The van der Waals surface area contributed by atoms with Crippen LogP contribution in [-0.2, 0) is 23.7 Å². The summed E-state index contributed by atoms with van der Waals surface area (Å²) in [5.74, 6) is -0.955. The number of carbonyl (C=O) groups is 2. The van der Waals surface area contributed by atoms with Crippen molar-refractivity contribution in [2.45, 2.75) is 11.3 Å². The van der Waals surface area contributed by atoms with Gasteiger partial charge in [-0.1, -0.05) is 0 Å². The highest BCUT2D eigenvalue weighted by atomic mass is 32.2. The van der Waals surface area contributed by atoms with Gasteiger partial charge in [-0.25, -0.2) is 9.78 Å². The number of hydrogen-bond donors (Lipinski definition) is 1. The van der Waals surface area contributed by atoms with Crippen LogP contribution in [0.4, 0.5) is 11.4 Å². The summed E-state index contributed by atoms with van der Waals surface area (Å²) < 4.78 is 2.27. The van der Waals surface area contributed by atoms with Crippen LogP contribution < -0.4 is 21.5 Å². The molecule has 0 aliphatic carbocycles. The van der Waals surface area contributed by atoms with Gasteiger partial charge < -0.3 is 10.2 Å². The Balaban J connectivity index is 1.54. The first-order chi connectivity index (χ1) is 14.8. The summed E-state index contributed by atoms with van der Waals surface area (Å²) in [5, 5.41) is 2.97. The molecule has 0 saturated carbocycles. The van der Waals surface area contributed by atoms with Crippen molar-refractivity contribution in [2.75, 3.05) is 23.0 Å². The van der Waals surface area contributed by atoms with Crippen molar-refractivity contribution in [2.24, 2.45) is 20.0 Å². The molecule has 2 amide bonds. The Morgan fingerprint density at radius 1 is 1.13 bits per heavy atom. The normalized spacial score (nSPS) is 16.2. The summed E-state index contributed by atoms with van der Waals surface area (Å²) in [6.45, 7) is 0.278. The Morgan fingerprint density at radius 3 is 2.52 bits per heavy atom. The summed E-state index contributed by atoms with van der Waals surface area (Å²) >= 11 is 1.62. The Labute approximate surface area is 181 Å². The van der Waals surface area contributed by atoms with E-state index in [0.717, 1.165) is 15.1 Å². The lowest BCUT2D eigenvalue weighted by atomic mass is 10.1. The van der Waals surface area contributed by atoms with Crippen LogP contribution in [0.3, 0.4) is 0 Å². The molecule has 4 rings (SSSR count). The average Bonchev–Trinajstić information content (AvgIpc) is 3.18. The number of thioether (sulfide) groups is 1. The maximum atomic E-state index is 12.8. The fraction of sp³-hybridized carbons (Fsp3) is 0.286. The highest BCUT2D eigenvalue weighted by Crippen LogP contribution is 2.28. The Hall–Kier alpha value is -3.40. The third-order valence-electron chi connectivity index (χ3n) is 5.44. The van der Waals surface area contributed by atoms with Crippen molar-refractivity contribution in [3.63, 3.8) is 0 Å². The first kappa shape index (κ1) is 20.9. The number of amides is 2. The maximum Gasteiger partial charge on any atom is 0.332 e. The lowest BCUT2D eigenvalue weighted by molar-refractivity contribution is -0.122. The van der Waals surface area contributed by atoms with Gasteiger partial charge in [0, 0.05) is 37.6 Å². The fourth-order valence-electron chi connectivity index (χ4n) is 3.67. The van der Waals surface area contributed by atoms with Crippen molar-refractivity contribution >= 4 is 46.0 Å². The zero-order valence-electron chi connectivity index (χ0n) is 17.3. The molecule has 2 aromatic heterocycles. The van der Waals surface area contributed by atoms with Crippen LogP contribution in [0, 0.1) is 5.92 Å². The molecule has 160 valence electrons.